The van der Waals surface area contributed by atoms with E-state index in [1.807, 2.05) is 11.8 Å². The molecule has 0 aromatic heterocycles. The van der Waals surface area contributed by atoms with Crippen LogP contribution in [0, 0.1) is 11.8 Å². The van der Waals surface area contributed by atoms with Crippen molar-refractivity contribution < 1.29 is 9.90 Å². The van der Waals surface area contributed by atoms with Gasteiger partial charge in [0.1, 0.15) is 0 Å². The fraction of sp³-hybridized carbons (Fsp3) is 0.933. The van der Waals surface area contributed by atoms with Crippen LogP contribution in [0.25, 0.3) is 0 Å². The van der Waals surface area contributed by atoms with Crippen molar-refractivity contribution in [2.75, 3.05) is 18.1 Å². The molecule has 2 atom stereocenters. The number of amides is 1. The number of carbonyl (C=O) groups excluding carboxylic acids is 1. The zero-order valence-electron chi connectivity index (χ0n) is 12.0. The minimum atomic E-state index is -0.657. The molecule has 19 heavy (non-hydrogen) atoms. The highest BCUT2D eigenvalue weighted by molar-refractivity contribution is 7.99. The summed E-state index contributed by atoms with van der Waals surface area (Å²) in [5.74, 6) is 3.65. The van der Waals surface area contributed by atoms with Crippen LogP contribution in [0.15, 0.2) is 0 Å². The molecule has 1 amide bonds. The second-order valence-electron chi connectivity index (χ2n) is 6.46. The van der Waals surface area contributed by atoms with E-state index in [1.54, 1.807) is 0 Å². The molecule has 0 bridgehead atoms. The van der Waals surface area contributed by atoms with Gasteiger partial charge in [0.25, 0.3) is 0 Å². The van der Waals surface area contributed by atoms with E-state index in [-0.39, 0.29) is 5.91 Å². The van der Waals surface area contributed by atoms with E-state index in [9.17, 15) is 9.90 Å². The summed E-state index contributed by atoms with van der Waals surface area (Å²) in [7, 11) is 0. The molecule has 3 nitrogen and oxygen atoms in total. The Labute approximate surface area is 120 Å². The van der Waals surface area contributed by atoms with Crippen molar-refractivity contribution >= 4 is 17.7 Å². The summed E-state index contributed by atoms with van der Waals surface area (Å²) in [6.45, 7) is 2.63. The third-order valence-corrected chi connectivity index (χ3v) is 5.55. The van der Waals surface area contributed by atoms with Crippen LogP contribution >= 0.6 is 11.8 Å². The lowest BCUT2D eigenvalue weighted by Crippen LogP contribution is -2.46. The highest BCUT2D eigenvalue weighted by atomic mass is 32.2. The normalized spacial score (nSPS) is 33.1. The molecular formula is C15H27NO2S. The molecule has 110 valence electrons. The number of thioether (sulfide) groups is 1. The number of aliphatic hydroxyl groups is 1. The average molecular weight is 285 g/mol. The molecule has 0 radical (unpaired) electrons. The molecule has 2 fully saturated rings. The van der Waals surface area contributed by atoms with Gasteiger partial charge in [-0.15, -0.1) is 0 Å². The first-order valence-electron chi connectivity index (χ1n) is 7.64. The predicted octanol–water partition coefficient (Wildman–Crippen LogP) is 2.58. The van der Waals surface area contributed by atoms with Crippen molar-refractivity contribution in [3.8, 4) is 0 Å². The predicted molar refractivity (Wildman–Crippen MR) is 80.3 cm³/mol. The van der Waals surface area contributed by atoms with Gasteiger partial charge in [-0.05, 0) is 49.0 Å². The van der Waals surface area contributed by atoms with Crippen LogP contribution in [0.4, 0.5) is 0 Å². The van der Waals surface area contributed by atoms with Gasteiger partial charge in [-0.2, -0.15) is 11.8 Å². The Morgan fingerprint density at radius 3 is 2.79 bits per heavy atom. The van der Waals surface area contributed by atoms with E-state index in [0.29, 0.717) is 24.8 Å². The molecule has 1 saturated carbocycles. The maximum atomic E-state index is 11.9. The first-order valence-corrected chi connectivity index (χ1v) is 8.80. The topological polar surface area (TPSA) is 49.3 Å². The van der Waals surface area contributed by atoms with E-state index in [0.717, 1.165) is 19.3 Å². The summed E-state index contributed by atoms with van der Waals surface area (Å²) in [5, 5.41) is 13.4. The zero-order chi connectivity index (χ0) is 13.7. The number of hydrogen-bond donors (Lipinski definition) is 2. The van der Waals surface area contributed by atoms with Crippen molar-refractivity contribution in [2.24, 2.45) is 11.8 Å². The standard InChI is InChI=1S/C15H27NO2S/c1-12-3-2-6-15(18,10-12)11-16-14(17)9-13-4-7-19-8-5-13/h12-13,18H,2-11H2,1H3,(H,16,17). The summed E-state index contributed by atoms with van der Waals surface area (Å²) >= 11 is 1.99. The van der Waals surface area contributed by atoms with Crippen molar-refractivity contribution in [1.82, 2.24) is 5.32 Å². The Morgan fingerprint density at radius 1 is 1.37 bits per heavy atom. The van der Waals surface area contributed by atoms with Crippen LogP contribution in [-0.2, 0) is 4.79 Å². The number of carbonyl (C=O) groups is 1. The highest BCUT2D eigenvalue weighted by Gasteiger charge is 2.33. The Morgan fingerprint density at radius 2 is 2.11 bits per heavy atom. The monoisotopic (exact) mass is 285 g/mol. The number of hydrogen-bond acceptors (Lipinski definition) is 3. The van der Waals surface area contributed by atoms with Gasteiger partial charge in [-0.3, -0.25) is 4.79 Å². The Balaban J connectivity index is 1.70. The van der Waals surface area contributed by atoms with Gasteiger partial charge in [-0.1, -0.05) is 19.8 Å². The molecule has 2 unspecified atom stereocenters. The summed E-state index contributed by atoms with van der Waals surface area (Å²) in [6, 6.07) is 0. The summed E-state index contributed by atoms with van der Waals surface area (Å²) < 4.78 is 0. The lowest BCUT2D eigenvalue weighted by atomic mass is 9.79. The van der Waals surface area contributed by atoms with E-state index < -0.39 is 5.60 Å². The van der Waals surface area contributed by atoms with Crippen molar-refractivity contribution in [3.63, 3.8) is 0 Å². The Hall–Kier alpha value is -0.220. The van der Waals surface area contributed by atoms with E-state index in [1.165, 1.54) is 30.8 Å². The third-order valence-electron chi connectivity index (χ3n) is 4.50. The van der Waals surface area contributed by atoms with E-state index in [2.05, 4.69) is 12.2 Å². The minimum Gasteiger partial charge on any atom is -0.388 e. The molecule has 0 spiro atoms. The van der Waals surface area contributed by atoms with Gasteiger partial charge in [0.05, 0.1) is 5.60 Å². The Bertz CT molecular complexity index is 305. The molecule has 1 aliphatic carbocycles. The first kappa shape index (κ1) is 15.2. The molecule has 2 rings (SSSR count). The van der Waals surface area contributed by atoms with Crippen molar-refractivity contribution in [3.05, 3.63) is 0 Å². The first-order chi connectivity index (χ1) is 9.07. The maximum Gasteiger partial charge on any atom is 0.220 e. The van der Waals surface area contributed by atoms with Crippen LogP contribution in [0.2, 0.25) is 0 Å². The lowest BCUT2D eigenvalue weighted by molar-refractivity contribution is -0.124. The van der Waals surface area contributed by atoms with Crippen LogP contribution in [-0.4, -0.2) is 34.7 Å². The molecule has 2 aliphatic rings. The number of nitrogens with one attached hydrogen (secondary N) is 1. The van der Waals surface area contributed by atoms with Gasteiger partial charge >= 0.3 is 0 Å². The quantitative estimate of drug-likeness (QED) is 0.834. The molecule has 4 heteroatoms. The van der Waals surface area contributed by atoms with Crippen molar-refractivity contribution in [1.29, 1.82) is 0 Å². The van der Waals surface area contributed by atoms with E-state index in [4.69, 9.17) is 0 Å². The fourth-order valence-electron chi connectivity index (χ4n) is 3.34. The molecule has 0 aromatic carbocycles. The molecular weight excluding hydrogens is 258 g/mol. The number of rotatable bonds is 4. The second-order valence-corrected chi connectivity index (χ2v) is 7.69. The molecule has 1 heterocycles. The largest absolute Gasteiger partial charge is 0.388 e. The van der Waals surface area contributed by atoms with E-state index >= 15 is 0 Å². The summed E-state index contributed by atoms with van der Waals surface area (Å²) in [6.07, 6.45) is 6.92. The van der Waals surface area contributed by atoms with Gasteiger partial charge in [-0.25, -0.2) is 0 Å². The average Bonchev–Trinajstić information content (AvgIpc) is 2.38. The van der Waals surface area contributed by atoms with Gasteiger partial charge < -0.3 is 10.4 Å². The molecule has 1 saturated heterocycles. The van der Waals surface area contributed by atoms with Gasteiger partial charge in [0, 0.05) is 13.0 Å². The second kappa shape index (κ2) is 6.98. The van der Waals surface area contributed by atoms with Crippen LogP contribution in [0.5, 0.6) is 0 Å². The maximum absolute atomic E-state index is 11.9. The highest BCUT2D eigenvalue weighted by Crippen LogP contribution is 2.31. The van der Waals surface area contributed by atoms with Gasteiger partial charge in [0.2, 0.25) is 5.91 Å². The molecule has 1 aliphatic heterocycles. The SMILES string of the molecule is CC1CCCC(O)(CNC(=O)CC2CCSCC2)C1. The summed E-state index contributed by atoms with van der Waals surface area (Å²) in [4.78, 5) is 11.9. The Kier molecular flexibility index (Phi) is 5.58. The minimum absolute atomic E-state index is 0.128. The lowest BCUT2D eigenvalue weighted by Gasteiger charge is -2.35. The van der Waals surface area contributed by atoms with Crippen LogP contribution in [0.1, 0.15) is 51.9 Å². The van der Waals surface area contributed by atoms with Gasteiger partial charge in [0.15, 0.2) is 0 Å². The molecule has 2 N–H and O–H groups in total. The third kappa shape index (κ3) is 4.99. The van der Waals surface area contributed by atoms with Crippen LogP contribution < -0.4 is 5.32 Å². The fourth-order valence-corrected chi connectivity index (χ4v) is 4.55. The summed E-state index contributed by atoms with van der Waals surface area (Å²) in [5.41, 5.74) is -0.657. The van der Waals surface area contributed by atoms with Crippen molar-refractivity contribution in [2.45, 2.75) is 57.5 Å². The van der Waals surface area contributed by atoms with Crippen LogP contribution in [0.3, 0.4) is 0 Å². The smallest absolute Gasteiger partial charge is 0.220 e. The zero-order valence-corrected chi connectivity index (χ0v) is 12.8. The molecule has 0 aromatic rings.